The fourth-order valence-corrected chi connectivity index (χ4v) is 6.53. The Morgan fingerprint density at radius 2 is 1.40 bits per heavy atom. The predicted molar refractivity (Wildman–Crippen MR) is 166 cm³/mol. The third-order valence-corrected chi connectivity index (χ3v) is 9.34. The lowest BCUT2D eigenvalue weighted by molar-refractivity contribution is 0.172. The molecule has 210 valence electrons. The van der Waals surface area contributed by atoms with E-state index in [-0.39, 0.29) is 10.5 Å². The van der Waals surface area contributed by atoms with Gasteiger partial charge in [-0.3, -0.25) is 4.79 Å². The van der Waals surface area contributed by atoms with Crippen molar-refractivity contribution in [1.29, 1.82) is 0 Å². The smallest absolute Gasteiger partial charge is 0.258 e. The normalized spacial score (nSPS) is 15.4. The first-order valence-electron chi connectivity index (χ1n) is 14.3. The van der Waals surface area contributed by atoms with Crippen LogP contribution in [-0.4, -0.2) is 43.3 Å². The van der Waals surface area contributed by atoms with Crippen LogP contribution in [0.3, 0.4) is 0 Å². The summed E-state index contributed by atoms with van der Waals surface area (Å²) in [7, 11) is -3.31. The van der Waals surface area contributed by atoms with Crippen LogP contribution in [0.4, 0.5) is 0 Å². The second-order valence-corrected chi connectivity index (χ2v) is 14.0. The van der Waals surface area contributed by atoms with Gasteiger partial charge < -0.3 is 9.47 Å². The topological polar surface area (TPSA) is 59.4 Å². The number of hydrogen-bond donors (Lipinski definition) is 0. The van der Waals surface area contributed by atoms with E-state index < -0.39 is 9.84 Å². The standard InChI is InChI=1S/C34H40N2O3S/c1-23(2)22-36-33-15-12-29(26-8-6-25(7-9-26)27-16-18-35(19-17-27)24(3)4)20-30(33)21-32(34(36)37)28-10-13-31(14-11-28)40(5,38)39/h6-15,20-21,23-24,27H,16-19,22H2,1-5H3. The molecule has 6 heteroatoms. The molecule has 0 unspecified atom stereocenters. The van der Waals surface area contributed by atoms with Crippen LogP contribution < -0.4 is 5.56 Å². The van der Waals surface area contributed by atoms with Crippen LogP contribution in [0.15, 0.2) is 82.5 Å². The van der Waals surface area contributed by atoms with Gasteiger partial charge in [0.1, 0.15) is 0 Å². The molecule has 0 N–H and O–H groups in total. The van der Waals surface area contributed by atoms with Crippen LogP contribution in [-0.2, 0) is 16.4 Å². The third-order valence-electron chi connectivity index (χ3n) is 8.21. The molecule has 0 radical (unpaired) electrons. The van der Waals surface area contributed by atoms with Crippen molar-refractivity contribution >= 4 is 20.7 Å². The van der Waals surface area contributed by atoms with Crippen molar-refractivity contribution in [3.05, 3.63) is 88.7 Å². The summed E-state index contributed by atoms with van der Waals surface area (Å²) in [4.78, 5) is 16.5. The van der Waals surface area contributed by atoms with E-state index in [9.17, 15) is 13.2 Å². The summed E-state index contributed by atoms with van der Waals surface area (Å²) < 4.78 is 25.8. The predicted octanol–water partition coefficient (Wildman–Crippen LogP) is 6.98. The summed E-state index contributed by atoms with van der Waals surface area (Å²) in [6, 6.07) is 24.5. The first-order chi connectivity index (χ1) is 19.0. The molecule has 1 aliphatic rings. The lowest BCUT2D eigenvalue weighted by atomic mass is 9.88. The molecule has 1 aliphatic heterocycles. The van der Waals surface area contributed by atoms with Crippen molar-refractivity contribution in [2.24, 2.45) is 5.92 Å². The molecule has 0 aliphatic carbocycles. The third kappa shape index (κ3) is 5.93. The van der Waals surface area contributed by atoms with E-state index in [0.717, 1.165) is 40.7 Å². The maximum atomic E-state index is 13.6. The van der Waals surface area contributed by atoms with Gasteiger partial charge in [-0.05, 0) is 110 Å². The fourth-order valence-electron chi connectivity index (χ4n) is 5.90. The average molecular weight is 557 g/mol. The Morgan fingerprint density at radius 1 is 0.800 bits per heavy atom. The summed E-state index contributed by atoms with van der Waals surface area (Å²) >= 11 is 0. The van der Waals surface area contributed by atoms with Crippen molar-refractivity contribution < 1.29 is 8.42 Å². The second kappa shape index (κ2) is 11.3. The van der Waals surface area contributed by atoms with Crippen molar-refractivity contribution in [3.63, 3.8) is 0 Å². The van der Waals surface area contributed by atoms with E-state index in [0.29, 0.717) is 30.0 Å². The molecule has 0 saturated carbocycles. The number of piperidine rings is 1. The SMILES string of the molecule is CC(C)Cn1c(=O)c(-c2ccc(S(C)(=O)=O)cc2)cc2cc(-c3ccc(C4CCN(C(C)C)CC4)cc3)ccc21. The molecule has 1 fully saturated rings. The molecule has 0 bridgehead atoms. The average Bonchev–Trinajstić information content (AvgIpc) is 2.94. The van der Waals surface area contributed by atoms with Crippen molar-refractivity contribution in [3.8, 4) is 22.3 Å². The molecule has 4 aromatic rings. The molecule has 5 rings (SSSR count). The summed E-state index contributed by atoms with van der Waals surface area (Å²) in [6.45, 7) is 11.7. The van der Waals surface area contributed by atoms with Crippen LogP contribution in [0.2, 0.25) is 0 Å². The van der Waals surface area contributed by atoms with E-state index in [1.165, 1.54) is 24.7 Å². The molecule has 1 saturated heterocycles. The molecule has 0 atom stereocenters. The van der Waals surface area contributed by atoms with Crippen LogP contribution >= 0.6 is 0 Å². The number of likely N-dealkylation sites (tertiary alicyclic amines) is 1. The molecule has 5 nitrogen and oxygen atoms in total. The zero-order valence-corrected chi connectivity index (χ0v) is 25.0. The minimum absolute atomic E-state index is 0.0612. The van der Waals surface area contributed by atoms with Crippen molar-refractivity contribution in [2.45, 2.75) is 63.9 Å². The molecule has 0 spiro atoms. The van der Waals surface area contributed by atoms with Gasteiger partial charge in [0.2, 0.25) is 0 Å². The second-order valence-electron chi connectivity index (χ2n) is 12.0. The Hall–Kier alpha value is -3.22. The van der Waals surface area contributed by atoms with Gasteiger partial charge in [0.25, 0.3) is 5.56 Å². The van der Waals surface area contributed by atoms with Gasteiger partial charge in [-0.2, -0.15) is 0 Å². The fraction of sp³-hybridized carbons (Fsp3) is 0.382. The highest BCUT2D eigenvalue weighted by molar-refractivity contribution is 7.90. The zero-order valence-electron chi connectivity index (χ0n) is 24.2. The zero-order chi connectivity index (χ0) is 28.6. The van der Waals surface area contributed by atoms with Gasteiger partial charge in [-0.15, -0.1) is 0 Å². The molecule has 40 heavy (non-hydrogen) atoms. The summed E-state index contributed by atoms with van der Waals surface area (Å²) in [5, 5.41) is 0.991. The molecule has 1 aromatic heterocycles. The maximum absolute atomic E-state index is 13.6. The maximum Gasteiger partial charge on any atom is 0.258 e. The first kappa shape index (κ1) is 28.3. The van der Waals surface area contributed by atoms with Crippen LogP contribution in [0.1, 0.15) is 52.0 Å². The number of sulfone groups is 1. The van der Waals surface area contributed by atoms with Gasteiger partial charge >= 0.3 is 0 Å². The minimum atomic E-state index is -3.31. The quantitative estimate of drug-likeness (QED) is 0.246. The molecule has 2 heterocycles. The number of hydrogen-bond acceptors (Lipinski definition) is 4. The molecule has 0 amide bonds. The van der Waals surface area contributed by atoms with E-state index in [2.05, 4.69) is 75.1 Å². The Labute approximate surface area is 238 Å². The molecular weight excluding hydrogens is 516 g/mol. The first-order valence-corrected chi connectivity index (χ1v) is 16.2. The Bertz CT molecular complexity index is 1660. The number of aromatic nitrogens is 1. The van der Waals surface area contributed by atoms with E-state index in [1.54, 1.807) is 24.3 Å². The monoisotopic (exact) mass is 556 g/mol. The molecular formula is C34H40N2O3S. The summed E-state index contributed by atoms with van der Waals surface area (Å²) in [5.74, 6) is 0.908. The van der Waals surface area contributed by atoms with Crippen LogP contribution in [0.5, 0.6) is 0 Å². The highest BCUT2D eigenvalue weighted by atomic mass is 32.2. The highest BCUT2D eigenvalue weighted by Crippen LogP contribution is 2.32. The Kier molecular flexibility index (Phi) is 8.03. The number of pyridine rings is 1. The minimum Gasteiger partial charge on any atom is -0.307 e. The van der Waals surface area contributed by atoms with Crippen LogP contribution in [0, 0.1) is 5.92 Å². The van der Waals surface area contributed by atoms with E-state index >= 15 is 0 Å². The Morgan fingerprint density at radius 3 is 1.98 bits per heavy atom. The lowest BCUT2D eigenvalue weighted by Gasteiger charge is -2.34. The number of benzene rings is 3. The lowest BCUT2D eigenvalue weighted by Crippen LogP contribution is -2.37. The summed E-state index contributed by atoms with van der Waals surface area (Å²) in [6.07, 6.45) is 3.60. The number of nitrogens with zero attached hydrogens (tertiary/aromatic N) is 2. The number of rotatable bonds is 7. The van der Waals surface area contributed by atoms with Gasteiger partial charge in [0.15, 0.2) is 9.84 Å². The van der Waals surface area contributed by atoms with Gasteiger partial charge in [-0.25, -0.2) is 8.42 Å². The van der Waals surface area contributed by atoms with Gasteiger partial charge in [-0.1, -0.05) is 56.3 Å². The van der Waals surface area contributed by atoms with Crippen molar-refractivity contribution in [1.82, 2.24) is 9.47 Å². The largest absolute Gasteiger partial charge is 0.307 e. The van der Waals surface area contributed by atoms with E-state index in [1.807, 2.05) is 10.6 Å². The van der Waals surface area contributed by atoms with Gasteiger partial charge in [0, 0.05) is 24.4 Å². The van der Waals surface area contributed by atoms with Crippen LogP contribution in [0.25, 0.3) is 33.2 Å². The molecule has 3 aromatic carbocycles. The van der Waals surface area contributed by atoms with Gasteiger partial charge in [0.05, 0.1) is 10.4 Å². The van der Waals surface area contributed by atoms with E-state index in [4.69, 9.17) is 0 Å². The van der Waals surface area contributed by atoms with Crippen molar-refractivity contribution in [2.75, 3.05) is 19.3 Å². The summed E-state index contributed by atoms with van der Waals surface area (Å²) in [5.41, 5.74) is 5.83. The Balaban J connectivity index is 1.50. The number of fused-ring (bicyclic) bond motifs is 1. The highest BCUT2D eigenvalue weighted by Gasteiger charge is 2.22.